The first kappa shape index (κ1) is 12.9. The standard InChI is InChI=1S/C13H16N4O2/c1-2-19-12-4-9(3-10(14)5-12)13(18)16-7-11-6-15-8-17-11/h3-6,8H,2,7,14H2,1H3,(H,15,17)(H,16,18). The number of rotatable bonds is 5. The van der Waals surface area contributed by atoms with Crippen LogP contribution in [0, 0.1) is 0 Å². The minimum absolute atomic E-state index is 0.206. The zero-order valence-corrected chi connectivity index (χ0v) is 10.6. The van der Waals surface area contributed by atoms with Crippen LogP contribution in [0.4, 0.5) is 5.69 Å². The van der Waals surface area contributed by atoms with Crippen LogP contribution in [0.3, 0.4) is 0 Å². The molecular weight excluding hydrogens is 244 g/mol. The number of aromatic nitrogens is 2. The van der Waals surface area contributed by atoms with Crippen molar-refractivity contribution in [2.75, 3.05) is 12.3 Å². The van der Waals surface area contributed by atoms with Crippen LogP contribution in [0.25, 0.3) is 0 Å². The molecule has 0 aliphatic heterocycles. The number of nitrogen functional groups attached to an aromatic ring is 1. The van der Waals surface area contributed by atoms with E-state index >= 15 is 0 Å². The van der Waals surface area contributed by atoms with Crippen molar-refractivity contribution in [1.29, 1.82) is 0 Å². The number of benzene rings is 1. The summed E-state index contributed by atoms with van der Waals surface area (Å²) in [4.78, 5) is 18.8. The second kappa shape index (κ2) is 5.90. The van der Waals surface area contributed by atoms with Gasteiger partial charge in [0.15, 0.2) is 0 Å². The van der Waals surface area contributed by atoms with Gasteiger partial charge in [0.1, 0.15) is 5.75 Å². The fourth-order valence-electron chi connectivity index (χ4n) is 1.66. The Labute approximate surface area is 111 Å². The molecule has 6 heteroatoms. The fourth-order valence-corrected chi connectivity index (χ4v) is 1.66. The minimum Gasteiger partial charge on any atom is -0.494 e. The van der Waals surface area contributed by atoms with E-state index in [-0.39, 0.29) is 5.91 Å². The highest BCUT2D eigenvalue weighted by molar-refractivity contribution is 5.95. The second-order valence-electron chi connectivity index (χ2n) is 3.98. The van der Waals surface area contributed by atoms with E-state index in [0.717, 1.165) is 5.69 Å². The number of anilines is 1. The first-order chi connectivity index (χ1) is 9.19. The molecule has 0 aliphatic rings. The molecular formula is C13H16N4O2. The van der Waals surface area contributed by atoms with E-state index in [2.05, 4.69) is 15.3 Å². The predicted octanol–water partition coefficient (Wildman–Crippen LogP) is 1.32. The van der Waals surface area contributed by atoms with Crippen LogP contribution in [0.5, 0.6) is 5.75 Å². The SMILES string of the molecule is CCOc1cc(N)cc(C(=O)NCc2cnc[nH]2)c1. The van der Waals surface area contributed by atoms with Gasteiger partial charge in [-0.1, -0.05) is 0 Å². The molecule has 1 heterocycles. The molecule has 1 aromatic heterocycles. The maximum atomic E-state index is 12.0. The average Bonchev–Trinajstić information content (AvgIpc) is 2.88. The molecule has 0 aliphatic carbocycles. The summed E-state index contributed by atoms with van der Waals surface area (Å²) in [7, 11) is 0. The molecule has 0 saturated heterocycles. The van der Waals surface area contributed by atoms with Crippen LogP contribution in [0.1, 0.15) is 23.0 Å². The van der Waals surface area contributed by atoms with Crippen molar-refractivity contribution >= 4 is 11.6 Å². The summed E-state index contributed by atoms with van der Waals surface area (Å²) in [5.41, 5.74) is 7.55. The number of carbonyl (C=O) groups excluding carboxylic acids is 1. The third-order valence-corrected chi connectivity index (χ3v) is 2.50. The van der Waals surface area contributed by atoms with E-state index in [1.165, 1.54) is 0 Å². The van der Waals surface area contributed by atoms with Crippen molar-refractivity contribution in [3.8, 4) is 5.75 Å². The summed E-state index contributed by atoms with van der Waals surface area (Å²) in [6.07, 6.45) is 3.22. The maximum absolute atomic E-state index is 12.0. The molecule has 0 radical (unpaired) electrons. The van der Waals surface area contributed by atoms with Crippen LogP contribution >= 0.6 is 0 Å². The smallest absolute Gasteiger partial charge is 0.251 e. The number of nitrogens with zero attached hydrogens (tertiary/aromatic N) is 1. The van der Waals surface area contributed by atoms with E-state index in [0.29, 0.717) is 30.2 Å². The molecule has 100 valence electrons. The van der Waals surface area contributed by atoms with E-state index in [1.807, 2.05) is 6.92 Å². The molecule has 0 bridgehead atoms. The summed E-state index contributed by atoms with van der Waals surface area (Å²) in [5.74, 6) is 0.386. The lowest BCUT2D eigenvalue weighted by molar-refractivity contribution is 0.0950. The van der Waals surface area contributed by atoms with Gasteiger partial charge in [0.05, 0.1) is 25.2 Å². The van der Waals surface area contributed by atoms with E-state index < -0.39 is 0 Å². The topological polar surface area (TPSA) is 93.0 Å². The third kappa shape index (κ3) is 3.48. The summed E-state index contributed by atoms with van der Waals surface area (Å²) >= 11 is 0. The number of nitrogens with two attached hydrogens (primary N) is 1. The van der Waals surface area contributed by atoms with E-state index in [4.69, 9.17) is 10.5 Å². The van der Waals surface area contributed by atoms with Crippen LogP contribution in [0.2, 0.25) is 0 Å². The number of H-pyrrole nitrogens is 1. The van der Waals surface area contributed by atoms with Gasteiger partial charge in [-0.15, -0.1) is 0 Å². The van der Waals surface area contributed by atoms with Crippen LogP contribution in [-0.2, 0) is 6.54 Å². The third-order valence-electron chi connectivity index (χ3n) is 2.50. The molecule has 4 N–H and O–H groups in total. The van der Waals surface area contributed by atoms with E-state index in [9.17, 15) is 4.79 Å². The maximum Gasteiger partial charge on any atom is 0.251 e. The van der Waals surface area contributed by atoms with Gasteiger partial charge < -0.3 is 20.8 Å². The highest BCUT2D eigenvalue weighted by atomic mass is 16.5. The molecule has 2 aromatic rings. The zero-order chi connectivity index (χ0) is 13.7. The summed E-state index contributed by atoms with van der Waals surface area (Å²) in [5, 5.41) is 2.78. The lowest BCUT2D eigenvalue weighted by Crippen LogP contribution is -2.23. The molecule has 1 aromatic carbocycles. The molecule has 6 nitrogen and oxygen atoms in total. The Morgan fingerprint density at radius 1 is 1.47 bits per heavy atom. The number of nitrogens with one attached hydrogen (secondary N) is 2. The lowest BCUT2D eigenvalue weighted by atomic mass is 10.1. The number of ether oxygens (including phenoxy) is 1. The number of aromatic amines is 1. The molecule has 0 saturated carbocycles. The largest absolute Gasteiger partial charge is 0.494 e. The number of imidazole rings is 1. The minimum atomic E-state index is -0.206. The second-order valence-corrected chi connectivity index (χ2v) is 3.98. The Kier molecular flexibility index (Phi) is 4.02. The Morgan fingerprint density at radius 2 is 2.32 bits per heavy atom. The van der Waals surface area contributed by atoms with Gasteiger partial charge in [0, 0.05) is 23.5 Å². The summed E-state index contributed by atoms with van der Waals surface area (Å²) in [6.45, 7) is 2.79. The van der Waals surface area contributed by atoms with Crippen molar-refractivity contribution in [2.45, 2.75) is 13.5 Å². The first-order valence-corrected chi connectivity index (χ1v) is 5.98. The lowest BCUT2D eigenvalue weighted by Gasteiger charge is -2.08. The molecule has 1 amide bonds. The highest BCUT2D eigenvalue weighted by Crippen LogP contribution is 2.18. The van der Waals surface area contributed by atoms with Gasteiger partial charge in [-0.25, -0.2) is 4.98 Å². The predicted molar refractivity (Wildman–Crippen MR) is 71.8 cm³/mol. The van der Waals surface area contributed by atoms with Crippen molar-refractivity contribution in [3.05, 3.63) is 42.0 Å². The zero-order valence-electron chi connectivity index (χ0n) is 10.6. The van der Waals surface area contributed by atoms with Crippen molar-refractivity contribution in [1.82, 2.24) is 15.3 Å². The highest BCUT2D eigenvalue weighted by Gasteiger charge is 2.08. The van der Waals surface area contributed by atoms with Gasteiger partial charge in [0.2, 0.25) is 0 Å². The molecule has 0 fully saturated rings. The normalized spacial score (nSPS) is 10.2. The number of amides is 1. The van der Waals surface area contributed by atoms with E-state index in [1.54, 1.807) is 30.7 Å². The Bertz CT molecular complexity index is 552. The van der Waals surface area contributed by atoms with Gasteiger partial charge in [-0.05, 0) is 19.1 Å². The molecule has 0 atom stereocenters. The Morgan fingerprint density at radius 3 is 3.00 bits per heavy atom. The van der Waals surface area contributed by atoms with Gasteiger partial charge >= 0.3 is 0 Å². The number of hydrogen-bond donors (Lipinski definition) is 3. The molecule has 2 rings (SSSR count). The summed E-state index contributed by atoms with van der Waals surface area (Å²) in [6, 6.07) is 4.97. The number of carbonyl (C=O) groups is 1. The average molecular weight is 260 g/mol. The van der Waals surface area contributed by atoms with Gasteiger partial charge in [0.25, 0.3) is 5.91 Å². The quantitative estimate of drug-likeness (QED) is 0.707. The molecule has 0 spiro atoms. The monoisotopic (exact) mass is 260 g/mol. The fraction of sp³-hybridized carbons (Fsp3) is 0.231. The number of hydrogen-bond acceptors (Lipinski definition) is 4. The molecule has 0 unspecified atom stereocenters. The first-order valence-electron chi connectivity index (χ1n) is 5.98. The molecule has 19 heavy (non-hydrogen) atoms. The van der Waals surface area contributed by atoms with Crippen LogP contribution < -0.4 is 15.8 Å². The Balaban J connectivity index is 2.05. The van der Waals surface area contributed by atoms with Crippen molar-refractivity contribution in [2.24, 2.45) is 0 Å². The summed E-state index contributed by atoms with van der Waals surface area (Å²) < 4.78 is 5.35. The van der Waals surface area contributed by atoms with Crippen LogP contribution in [-0.4, -0.2) is 22.5 Å². The van der Waals surface area contributed by atoms with Crippen molar-refractivity contribution in [3.63, 3.8) is 0 Å². The van der Waals surface area contributed by atoms with Crippen LogP contribution in [0.15, 0.2) is 30.7 Å². The van der Waals surface area contributed by atoms with Gasteiger partial charge in [-0.2, -0.15) is 0 Å². The van der Waals surface area contributed by atoms with Gasteiger partial charge in [-0.3, -0.25) is 4.79 Å². The van der Waals surface area contributed by atoms with Crippen molar-refractivity contribution < 1.29 is 9.53 Å². The Hall–Kier alpha value is -2.50.